The molecular weight excluding hydrogens is 71.1 g/mol. The summed E-state index contributed by atoms with van der Waals surface area (Å²) >= 11 is 0. The second-order valence-corrected chi connectivity index (χ2v) is 2.07. The van der Waals surface area contributed by atoms with E-state index in [0.717, 1.165) is 0 Å². The van der Waals surface area contributed by atoms with E-state index in [1.54, 1.807) is 0 Å². The minimum atomic E-state index is -0.242. The third kappa shape index (κ3) is 2.15. The van der Waals surface area contributed by atoms with E-state index in [0.29, 0.717) is 0 Å². The van der Waals surface area contributed by atoms with Crippen LogP contribution in [0.15, 0.2) is 0 Å². The van der Waals surface area contributed by atoms with Gasteiger partial charge in [-0.2, -0.15) is 0 Å². The first kappa shape index (κ1) is 4.15. The van der Waals surface area contributed by atoms with Crippen molar-refractivity contribution in [3.63, 3.8) is 0 Å². The molecule has 0 fully saturated rings. The molecule has 0 aromatic rings. The van der Waals surface area contributed by atoms with E-state index >= 15 is 0 Å². The fraction of sp³-hybridized carbons (Fsp3) is 1.00. The van der Waals surface area contributed by atoms with Crippen LogP contribution >= 0.6 is 0 Å². The molecule has 0 aromatic carbocycles. The highest BCUT2D eigenvalue weighted by Gasteiger charge is 1.63. The number of alkyl halides is 1. The van der Waals surface area contributed by atoms with Crippen LogP contribution in [0.2, 0.25) is 6.55 Å². The van der Waals surface area contributed by atoms with Gasteiger partial charge in [0.15, 0.2) is 0 Å². The molecule has 0 radical (unpaired) electrons. The van der Waals surface area contributed by atoms with E-state index in [-0.39, 0.29) is 15.8 Å². The van der Waals surface area contributed by atoms with Crippen molar-refractivity contribution < 1.29 is 4.39 Å². The Morgan fingerprint density at radius 3 is 2.25 bits per heavy atom. The van der Waals surface area contributed by atoms with Crippen LogP contribution in [0.4, 0.5) is 4.39 Å². The molecule has 0 amide bonds. The summed E-state index contributed by atoms with van der Waals surface area (Å²) in [5.41, 5.74) is 0. The Morgan fingerprint density at radius 2 is 2.25 bits per heavy atom. The van der Waals surface area contributed by atoms with Gasteiger partial charge in [0.2, 0.25) is 0 Å². The molecular formula is C2H7FSi. The Bertz CT molecular complexity index is 8.00. The van der Waals surface area contributed by atoms with E-state index in [4.69, 9.17) is 0 Å². The summed E-state index contributed by atoms with van der Waals surface area (Å²) < 4.78 is 10.8. The Kier molecular flexibility index (Phi) is 3.26. The number of hydrogen-bond acceptors (Lipinski definition) is 0. The lowest BCUT2D eigenvalue weighted by atomic mass is 11.8. The zero-order valence-corrected chi connectivity index (χ0v) is 4.21. The van der Waals surface area contributed by atoms with Crippen molar-refractivity contribution in [2.45, 2.75) is 6.55 Å². The van der Waals surface area contributed by atoms with Gasteiger partial charge < -0.3 is 0 Å². The third-order valence-electron chi connectivity index (χ3n) is 0.189. The zero-order valence-electron chi connectivity index (χ0n) is 2.79. The number of hydrogen-bond donors (Lipinski definition) is 0. The van der Waals surface area contributed by atoms with E-state index in [2.05, 4.69) is 0 Å². The van der Waals surface area contributed by atoms with Crippen molar-refractivity contribution in [2.75, 3.05) is 6.30 Å². The predicted molar refractivity (Wildman–Crippen MR) is 20.4 cm³/mol. The van der Waals surface area contributed by atoms with Crippen molar-refractivity contribution in [2.24, 2.45) is 0 Å². The summed E-state index contributed by atoms with van der Waals surface area (Å²) in [6.07, 6.45) is -0.0417. The fourth-order valence-corrected chi connectivity index (χ4v) is 0. The van der Waals surface area contributed by atoms with E-state index < -0.39 is 0 Å². The molecule has 0 unspecified atom stereocenters. The maximum Gasteiger partial charge on any atom is 0.0728 e. The monoisotopic (exact) mass is 78.0 g/mol. The molecule has 26 valence electrons. The highest BCUT2D eigenvalue weighted by atomic mass is 28.2. The second-order valence-electron chi connectivity index (χ2n) is 0.689. The summed E-state index contributed by atoms with van der Waals surface area (Å²) in [5, 5.41) is 0. The Morgan fingerprint density at radius 1 is 2.00 bits per heavy atom. The molecule has 4 heavy (non-hydrogen) atoms. The van der Waals surface area contributed by atoms with Crippen LogP contribution < -0.4 is 0 Å². The van der Waals surface area contributed by atoms with Crippen LogP contribution in [0.25, 0.3) is 0 Å². The van der Waals surface area contributed by atoms with Gasteiger partial charge in [0.05, 0.1) is 15.8 Å². The van der Waals surface area contributed by atoms with Crippen LogP contribution in [0.3, 0.4) is 0 Å². The van der Waals surface area contributed by atoms with Crippen molar-refractivity contribution in [1.29, 1.82) is 0 Å². The topological polar surface area (TPSA) is 0 Å². The Balaban J connectivity index is 1.97. The molecule has 2 heteroatoms. The molecule has 0 saturated heterocycles. The van der Waals surface area contributed by atoms with Crippen LogP contribution in [0.5, 0.6) is 0 Å². The van der Waals surface area contributed by atoms with E-state index in [1.807, 2.05) is 6.55 Å². The van der Waals surface area contributed by atoms with E-state index in [1.165, 1.54) is 0 Å². The Labute approximate surface area is 27.8 Å². The van der Waals surface area contributed by atoms with Gasteiger partial charge in [-0.1, -0.05) is 6.55 Å². The summed E-state index contributed by atoms with van der Waals surface area (Å²) in [4.78, 5) is 0. The number of halogens is 1. The molecule has 0 rings (SSSR count). The minimum absolute atomic E-state index is 0.0417. The van der Waals surface area contributed by atoms with Gasteiger partial charge in [-0.15, -0.1) is 0 Å². The van der Waals surface area contributed by atoms with Gasteiger partial charge in [0.1, 0.15) is 0 Å². The molecule has 0 spiro atoms. The first-order valence-corrected chi connectivity index (χ1v) is 3.89. The largest absolute Gasteiger partial charge is 0.256 e. The molecule has 0 aliphatic carbocycles. The van der Waals surface area contributed by atoms with Crippen LogP contribution in [0, 0.1) is 0 Å². The average molecular weight is 78.2 g/mol. The van der Waals surface area contributed by atoms with E-state index in [9.17, 15) is 4.39 Å². The second kappa shape index (κ2) is 3.15. The van der Waals surface area contributed by atoms with Crippen LogP contribution in [-0.4, -0.2) is 15.8 Å². The van der Waals surface area contributed by atoms with Crippen molar-refractivity contribution in [3.05, 3.63) is 0 Å². The first-order valence-electron chi connectivity index (χ1n) is 1.47. The van der Waals surface area contributed by atoms with Crippen LogP contribution in [0.1, 0.15) is 0 Å². The lowest BCUT2D eigenvalue weighted by Gasteiger charge is -1.62. The summed E-state index contributed by atoms with van der Waals surface area (Å²) in [6, 6.07) is 0. The molecule has 0 atom stereocenters. The van der Waals surface area contributed by atoms with Crippen molar-refractivity contribution >= 4 is 9.52 Å². The molecule has 0 aromatic heterocycles. The quantitative estimate of drug-likeness (QED) is 0.391. The molecule has 0 heterocycles. The third-order valence-corrected chi connectivity index (χ3v) is 0.567. The summed E-state index contributed by atoms with van der Waals surface area (Å²) in [5.74, 6) is 0. The maximum atomic E-state index is 10.8. The lowest BCUT2D eigenvalue weighted by Crippen LogP contribution is -1.78. The average Bonchev–Trinajstić information content (AvgIpc) is 1.37. The molecule has 0 N–H and O–H groups in total. The maximum absolute atomic E-state index is 10.8. The van der Waals surface area contributed by atoms with Crippen molar-refractivity contribution in [3.8, 4) is 0 Å². The fourth-order valence-electron chi connectivity index (χ4n) is 0. The molecule has 0 aliphatic heterocycles. The summed E-state index contributed by atoms with van der Waals surface area (Å²) in [6.45, 7) is 1.94. The Hall–Kier alpha value is 0.147. The molecule has 0 bridgehead atoms. The molecule has 0 aliphatic rings. The molecule has 0 nitrogen and oxygen atoms in total. The predicted octanol–water partition coefficient (Wildman–Crippen LogP) is 0.130. The highest BCUT2D eigenvalue weighted by molar-refractivity contribution is 6.33. The minimum Gasteiger partial charge on any atom is -0.256 e. The summed E-state index contributed by atoms with van der Waals surface area (Å²) in [7, 11) is -0.242. The van der Waals surface area contributed by atoms with Gasteiger partial charge in [-0.3, -0.25) is 4.39 Å². The van der Waals surface area contributed by atoms with Gasteiger partial charge in [-0.05, 0) is 0 Å². The zero-order chi connectivity index (χ0) is 3.41. The standard InChI is InChI=1S/C2H7FSi/c1-4-2-3/h2,4H2,1H3. The SMILES string of the molecule is C[SiH2]CF. The smallest absolute Gasteiger partial charge is 0.0728 e. The number of rotatable bonds is 1. The highest BCUT2D eigenvalue weighted by Crippen LogP contribution is 1.54. The normalized spacial score (nSPS) is 10.5. The molecule has 0 saturated carbocycles. The van der Waals surface area contributed by atoms with Gasteiger partial charge >= 0.3 is 0 Å². The van der Waals surface area contributed by atoms with Crippen LogP contribution in [-0.2, 0) is 0 Å². The van der Waals surface area contributed by atoms with Crippen molar-refractivity contribution in [1.82, 2.24) is 0 Å². The van der Waals surface area contributed by atoms with Gasteiger partial charge in [0.25, 0.3) is 0 Å². The van der Waals surface area contributed by atoms with Gasteiger partial charge in [0, 0.05) is 0 Å². The lowest BCUT2D eigenvalue weighted by molar-refractivity contribution is 0.594. The van der Waals surface area contributed by atoms with Gasteiger partial charge in [-0.25, -0.2) is 0 Å². The first-order chi connectivity index (χ1) is 1.91.